The minimum absolute atomic E-state index is 0.0714. The average Bonchev–Trinajstić information content (AvgIpc) is 2.02. The number of aromatic amines is 1. The van der Waals surface area contributed by atoms with Crippen LogP contribution in [-0.2, 0) is 0 Å². The van der Waals surface area contributed by atoms with Crippen LogP contribution in [0.5, 0.6) is 0 Å². The van der Waals surface area contributed by atoms with E-state index >= 15 is 0 Å². The minimum Gasteiger partial charge on any atom is -0.369 e. The second kappa shape index (κ2) is 3.54. The predicted molar refractivity (Wildman–Crippen MR) is 51.0 cm³/mol. The molecule has 1 aromatic rings. The van der Waals surface area contributed by atoms with Gasteiger partial charge in [0.05, 0.1) is 11.9 Å². The largest absolute Gasteiger partial charge is 0.369 e. The molecule has 0 saturated carbocycles. The highest BCUT2D eigenvalue weighted by Gasteiger charge is 2.03. The van der Waals surface area contributed by atoms with E-state index in [2.05, 4.69) is 20.9 Å². The number of aromatic nitrogens is 2. The third-order valence-electron chi connectivity index (χ3n) is 1.36. The molecule has 0 bridgehead atoms. The number of hydrogen-bond donors (Lipinski definition) is 2. The third kappa shape index (κ3) is 1.93. The molecule has 0 saturated heterocycles. The Balaban J connectivity index is 3.31. The van der Waals surface area contributed by atoms with Crippen molar-refractivity contribution in [3.63, 3.8) is 0 Å². The molecule has 0 aliphatic heterocycles. The zero-order valence-corrected chi connectivity index (χ0v) is 7.03. The molecule has 0 unspecified atom stereocenters. The fourth-order valence-electron chi connectivity index (χ4n) is 0.855. The summed E-state index contributed by atoms with van der Waals surface area (Å²) in [5.41, 5.74) is 5.54. The van der Waals surface area contributed by atoms with Gasteiger partial charge in [0, 0.05) is 0 Å². The zero-order valence-electron chi connectivity index (χ0n) is 7.03. The lowest BCUT2D eigenvalue weighted by Crippen LogP contribution is -2.12. The number of aliphatic imine (C=N–C) groups is 1. The standard InChI is InChI=1S/C8H8N4O/c1-3-4-10-6-5(2)11-8(9)12-7(6)13/h1,4H,2H3,(H3,9,11,12,13)/b10-4-. The van der Waals surface area contributed by atoms with E-state index < -0.39 is 5.56 Å². The number of anilines is 1. The van der Waals surface area contributed by atoms with Gasteiger partial charge in [-0.15, -0.1) is 6.42 Å². The smallest absolute Gasteiger partial charge is 0.278 e. The number of hydrogen-bond acceptors (Lipinski definition) is 4. The molecular weight excluding hydrogens is 168 g/mol. The van der Waals surface area contributed by atoms with Crippen molar-refractivity contribution in [2.24, 2.45) is 4.99 Å². The maximum atomic E-state index is 11.2. The highest BCUT2D eigenvalue weighted by molar-refractivity contribution is 5.80. The zero-order chi connectivity index (χ0) is 9.84. The number of nitrogens with one attached hydrogen (secondary N) is 1. The molecule has 0 aliphatic carbocycles. The monoisotopic (exact) mass is 176 g/mol. The predicted octanol–water partition coefficient (Wildman–Crippen LogP) is -0.00398. The summed E-state index contributed by atoms with van der Waals surface area (Å²) >= 11 is 0. The second-order valence-electron chi connectivity index (χ2n) is 2.31. The van der Waals surface area contributed by atoms with Crippen molar-refractivity contribution in [3.05, 3.63) is 16.0 Å². The van der Waals surface area contributed by atoms with Gasteiger partial charge in [0.15, 0.2) is 5.69 Å². The molecule has 0 spiro atoms. The molecule has 5 heteroatoms. The molecule has 0 atom stereocenters. The van der Waals surface area contributed by atoms with Crippen molar-refractivity contribution in [1.29, 1.82) is 0 Å². The van der Waals surface area contributed by atoms with Crippen LogP contribution in [0.15, 0.2) is 9.79 Å². The van der Waals surface area contributed by atoms with Gasteiger partial charge in [-0.25, -0.2) is 9.98 Å². The van der Waals surface area contributed by atoms with Gasteiger partial charge in [-0.1, -0.05) is 5.92 Å². The fourth-order valence-corrected chi connectivity index (χ4v) is 0.855. The van der Waals surface area contributed by atoms with Crippen LogP contribution in [0, 0.1) is 19.3 Å². The van der Waals surface area contributed by atoms with E-state index in [1.165, 1.54) is 6.21 Å². The Morgan fingerprint density at radius 1 is 1.77 bits per heavy atom. The minimum atomic E-state index is -0.392. The van der Waals surface area contributed by atoms with E-state index in [4.69, 9.17) is 12.2 Å². The number of nitrogens with zero attached hydrogens (tertiary/aromatic N) is 2. The van der Waals surface area contributed by atoms with Gasteiger partial charge < -0.3 is 5.73 Å². The first-order valence-corrected chi connectivity index (χ1v) is 3.50. The van der Waals surface area contributed by atoms with Crippen LogP contribution >= 0.6 is 0 Å². The molecule has 5 nitrogen and oxygen atoms in total. The van der Waals surface area contributed by atoms with Crippen LogP contribution in [0.3, 0.4) is 0 Å². The molecule has 13 heavy (non-hydrogen) atoms. The molecule has 3 N–H and O–H groups in total. The molecule has 0 aromatic carbocycles. The van der Waals surface area contributed by atoms with Crippen molar-refractivity contribution in [2.75, 3.05) is 5.73 Å². The lowest BCUT2D eigenvalue weighted by Gasteiger charge is -1.97. The Kier molecular flexibility index (Phi) is 2.45. The van der Waals surface area contributed by atoms with Crippen LogP contribution in [-0.4, -0.2) is 16.2 Å². The average molecular weight is 176 g/mol. The first-order valence-electron chi connectivity index (χ1n) is 3.50. The molecule has 0 radical (unpaired) electrons. The van der Waals surface area contributed by atoms with Crippen molar-refractivity contribution in [1.82, 2.24) is 9.97 Å². The molecule has 0 aliphatic rings. The summed E-state index contributed by atoms with van der Waals surface area (Å²) in [6.07, 6.45) is 6.14. The summed E-state index contributed by atoms with van der Waals surface area (Å²) in [7, 11) is 0. The number of aryl methyl sites for hydroxylation is 1. The lowest BCUT2D eigenvalue weighted by molar-refractivity contribution is 1.07. The maximum Gasteiger partial charge on any atom is 0.278 e. The van der Waals surface area contributed by atoms with Crippen LogP contribution in [0.4, 0.5) is 11.6 Å². The second-order valence-corrected chi connectivity index (χ2v) is 2.31. The lowest BCUT2D eigenvalue weighted by atomic mass is 10.4. The van der Waals surface area contributed by atoms with Gasteiger partial charge in [0.1, 0.15) is 0 Å². The van der Waals surface area contributed by atoms with Crippen LogP contribution < -0.4 is 11.3 Å². The summed E-state index contributed by atoms with van der Waals surface area (Å²) < 4.78 is 0. The molecule has 1 aromatic heterocycles. The summed E-state index contributed by atoms with van der Waals surface area (Å²) in [6, 6.07) is 0. The molecule has 1 rings (SSSR count). The quantitative estimate of drug-likeness (QED) is 0.466. The van der Waals surface area contributed by atoms with Crippen LogP contribution in [0.1, 0.15) is 5.69 Å². The van der Waals surface area contributed by atoms with Crippen LogP contribution in [0.2, 0.25) is 0 Å². The summed E-state index contributed by atoms with van der Waals surface area (Å²) in [4.78, 5) is 21.1. The number of nitrogens with two attached hydrogens (primary N) is 1. The molecule has 1 heterocycles. The Morgan fingerprint density at radius 3 is 3.00 bits per heavy atom. The Bertz CT molecular complexity index is 438. The van der Waals surface area contributed by atoms with E-state index in [9.17, 15) is 4.79 Å². The van der Waals surface area contributed by atoms with E-state index in [0.717, 1.165) is 0 Å². The van der Waals surface area contributed by atoms with E-state index in [1.807, 2.05) is 0 Å². The topological polar surface area (TPSA) is 84.1 Å². The van der Waals surface area contributed by atoms with Crippen LogP contribution in [0.25, 0.3) is 0 Å². The van der Waals surface area contributed by atoms with Gasteiger partial charge in [-0.3, -0.25) is 9.78 Å². The van der Waals surface area contributed by atoms with Gasteiger partial charge in [0.2, 0.25) is 5.95 Å². The summed E-state index contributed by atoms with van der Waals surface area (Å²) in [6.45, 7) is 1.63. The number of H-pyrrole nitrogens is 1. The molecule has 66 valence electrons. The fraction of sp³-hybridized carbons (Fsp3) is 0.125. The van der Waals surface area contributed by atoms with Crippen molar-refractivity contribution in [2.45, 2.75) is 6.92 Å². The Hall–Kier alpha value is -2.09. The van der Waals surface area contributed by atoms with E-state index in [1.54, 1.807) is 6.92 Å². The van der Waals surface area contributed by atoms with Crippen molar-refractivity contribution < 1.29 is 0 Å². The van der Waals surface area contributed by atoms with Gasteiger partial charge in [-0.05, 0) is 6.92 Å². The van der Waals surface area contributed by atoms with E-state index in [0.29, 0.717) is 5.69 Å². The summed E-state index contributed by atoms with van der Waals surface area (Å²) in [5.74, 6) is 2.25. The molecule has 0 amide bonds. The van der Waals surface area contributed by atoms with Crippen molar-refractivity contribution in [3.8, 4) is 12.3 Å². The van der Waals surface area contributed by atoms with Gasteiger partial charge >= 0.3 is 0 Å². The number of terminal acetylenes is 1. The van der Waals surface area contributed by atoms with E-state index in [-0.39, 0.29) is 11.6 Å². The molecule has 0 fully saturated rings. The summed E-state index contributed by atoms with van der Waals surface area (Å²) in [5, 5.41) is 0. The van der Waals surface area contributed by atoms with Crippen molar-refractivity contribution >= 4 is 17.9 Å². The number of nitrogen functional groups attached to an aromatic ring is 1. The maximum absolute atomic E-state index is 11.2. The van der Waals surface area contributed by atoms with Gasteiger partial charge in [-0.2, -0.15) is 0 Å². The normalized spacial score (nSPS) is 10.2. The first-order chi connectivity index (χ1) is 6.15. The highest BCUT2D eigenvalue weighted by atomic mass is 16.1. The highest BCUT2D eigenvalue weighted by Crippen LogP contribution is 2.08. The Morgan fingerprint density at radius 2 is 2.46 bits per heavy atom. The first kappa shape index (κ1) is 9.00. The number of rotatable bonds is 1. The Labute approximate surface area is 74.7 Å². The SMILES string of the molecule is C#C/C=N\c1c(C)nc(N)[nH]c1=O. The third-order valence-corrected chi connectivity index (χ3v) is 1.36. The molecular formula is C8H8N4O. The van der Waals surface area contributed by atoms with Gasteiger partial charge in [0.25, 0.3) is 5.56 Å².